The van der Waals surface area contributed by atoms with Crippen molar-refractivity contribution in [2.45, 2.75) is 26.9 Å². The van der Waals surface area contributed by atoms with E-state index in [0.717, 1.165) is 17.7 Å². The first-order valence-corrected chi connectivity index (χ1v) is 5.84. The highest BCUT2D eigenvalue weighted by Gasteiger charge is 1.98. The van der Waals surface area contributed by atoms with Gasteiger partial charge in [-0.2, -0.15) is 0 Å². The van der Waals surface area contributed by atoms with E-state index in [1.165, 1.54) is 12.0 Å². The van der Waals surface area contributed by atoms with Crippen LogP contribution in [0.15, 0.2) is 28.7 Å². The molecule has 2 heteroatoms. The van der Waals surface area contributed by atoms with Crippen LogP contribution in [0.25, 0.3) is 0 Å². The van der Waals surface area contributed by atoms with E-state index in [2.05, 4.69) is 41.9 Å². The van der Waals surface area contributed by atoms with Crippen LogP contribution in [0.3, 0.4) is 0 Å². The minimum absolute atomic E-state index is 0.658. The second kappa shape index (κ2) is 6.20. The highest BCUT2D eigenvalue weighted by atomic mass is 79.9. The van der Waals surface area contributed by atoms with E-state index in [1.807, 2.05) is 12.1 Å². The monoisotopic (exact) mass is 256 g/mol. The van der Waals surface area contributed by atoms with Crippen molar-refractivity contribution in [3.8, 4) is 0 Å². The lowest BCUT2D eigenvalue weighted by Crippen LogP contribution is -2.04. The number of benzene rings is 1. The average molecular weight is 257 g/mol. The van der Waals surface area contributed by atoms with Crippen LogP contribution in [0.1, 0.15) is 25.8 Å². The summed E-state index contributed by atoms with van der Waals surface area (Å²) >= 11 is 3.41. The van der Waals surface area contributed by atoms with Crippen molar-refractivity contribution in [2.24, 2.45) is 5.92 Å². The van der Waals surface area contributed by atoms with Crippen molar-refractivity contribution in [1.29, 1.82) is 0 Å². The SMILES string of the molecule is CCC(C)COCc1ccc(Br)cc1. The predicted octanol–water partition coefficient (Wildman–Crippen LogP) is 4.01. The molecule has 0 amide bonds. The first kappa shape index (κ1) is 11.7. The molecule has 0 aromatic heterocycles. The van der Waals surface area contributed by atoms with Crippen LogP contribution >= 0.6 is 15.9 Å². The summed E-state index contributed by atoms with van der Waals surface area (Å²) in [6.45, 7) is 5.97. The molecule has 0 spiro atoms. The topological polar surface area (TPSA) is 9.23 Å². The number of halogens is 1. The zero-order chi connectivity index (χ0) is 10.4. The Hall–Kier alpha value is -0.340. The molecule has 78 valence electrons. The summed E-state index contributed by atoms with van der Waals surface area (Å²) in [4.78, 5) is 0. The Morgan fingerprint density at radius 2 is 1.93 bits per heavy atom. The molecular formula is C12H17BrO. The molecule has 0 fully saturated rings. The van der Waals surface area contributed by atoms with Crippen molar-refractivity contribution < 1.29 is 4.74 Å². The summed E-state index contributed by atoms with van der Waals surface area (Å²) in [6, 6.07) is 8.26. The molecule has 0 aliphatic carbocycles. The molecule has 0 N–H and O–H groups in total. The molecule has 0 radical (unpaired) electrons. The largest absolute Gasteiger partial charge is 0.376 e. The van der Waals surface area contributed by atoms with Gasteiger partial charge in [0, 0.05) is 11.1 Å². The first-order chi connectivity index (χ1) is 6.72. The molecule has 0 aliphatic heterocycles. The van der Waals surface area contributed by atoms with Crippen molar-refractivity contribution in [2.75, 3.05) is 6.61 Å². The van der Waals surface area contributed by atoms with Crippen LogP contribution in [0.2, 0.25) is 0 Å². The zero-order valence-electron chi connectivity index (χ0n) is 8.79. The highest BCUT2D eigenvalue weighted by molar-refractivity contribution is 9.10. The summed E-state index contributed by atoms with van der Waals surface area (Å²) in [5.41, 5.74) is 1.23. The van der Waals surface area contributed by atoms with Gasteiger partial charge >= 0.3 is 0 Å². The van der Waals surface area contributed by atoms with E-state index >= 15 is 0 Å². The van der Waals surface area contributed by atoms with E-state index in [-0.39, 0.29) is 0 Å². The van der Waals surface area contributed by atoms with E-state index in [1.54, 1.807) is 0 Å². The third kappa shape index (κ3) is 4.25. The fourth-order valence-electron chi connectivity index (χ4n) is 1.08. The Bertz CT molecular complexity index is 256. The summed E-state index contributed by atoms with van der Waals surface area (Å²) in [6.07, 6.45) is 1.18. The number of ether oxygens (including phenoxy) is 1. The van der Waals surface area contributed by atoms with Gasteiger partial charge in [-0.1, -0.05) is 48.3 Å². The Labute approximate surface area is 94.6 Å². The normalized spacial score (nSPS) is 12.8. The molecule has 1 unspecified atom stereocenters. The second-order valence-corrected chi connectivity index (χ2v) is 4.57. The molecule has 14 heavy (non-hydrogen) atoms. The molecule has 1 nitrogen and oxygen atoms in total. The lowest BCUT2D eigenvalue weighted by Gasteiger charge is -2.09. The standard InChI is InChI=1S/C12H17BrO/c1-3-10(2)8-14-9-11-4-6-12(13)7-5-11/h4-7,10H,3,8-9H2,1-2H3. The van der Waals surface area contributed by atoms with Crippen molar-refractivity contribution >= 4 is 15.9 Å². The summed E-state index contributed by atoms with van der Waals surface area (Å²) in [5, 5.41) is 0. The van der Waals surface area contributed by atoms with E-state index < -0.39 is 0 Å². The molecule has 1 aromatic carbocycles. The van der Waals surface area contributed by atoms with Gasteiger partial charge in [-0.05, 0) is 23.6 Å². The lowest BCUT2D eigenvalue weighted by atomic mass is 10.1. The van der Waals surface area contributed by atoms with Crippen molar-refractivity contribution in [3.05, 3.63) is 34.3 Å². The fraction of sp³-hybridized carbons (Fsp3) is 0.500. The number of hydrogen-bond acceptors (Lipinski definition) is 1. The second-order valence-electron chi connectivity index (χ2n) is 3.66. The summed E-state index contributed by atoms with van der Waals surface area (Å²) < 4.78 is 6.71. The minimum Gasteiger partial charge on any atom is -0.376 e. The molecule has 1 atom stereocenters. The third-order valence-corrected chi connectivity index (χ3v) is 2.81. The number of hydrogen-bond donors (Lipinski definition) is 0. The third-order valence-electron chi connectivity index (χ3n) is 2.28. The van der Waals surface area contributed by atoms with Crippen LogP contribution in [0, 0.1) is 5.92 Å². The maximum absolute atomic E-state index is 5.60. The molecule has 0 saturated carbocycles. The van der Waals surface area contributed by atoms with Gasteiger partial charge in [-0.3, -0.25) is 0 Å². The van der Waals surface area contributed by atoms with Gasteiger partial charge in [0.25, 0.3) is 0 Å². The Kier molecular flexibility index (Phi) is 5.20. The average Bonchev–Trinajstić information content (AvgIpc) is 2.21. The Morgan fingerprint density at radius 3 is 2.50 bits per heavy atom. The van der Waals surface area contributed by atoms with E-state index in [4.69, 9.17) is 4.74 Å². The van der Waals surface area contributed by atoms with Crippen LogP contribution in [0.5, 0.6) is 0 Å². The Balaban J connectivity index is 2.28. The highest BCUT2D eigenvalue weighted by Crippen LogP contribution is 2.11. The number of rotatable bonds is 5. The van der Waals surface area contributed by atoms with Crippen LogP contribution in [-0.4, -0.2) is 6.61 Å². The summed E-state index contributed by atoms with van der Waals surface area (Å²) in [5.74, 6) is 0.658. The summed E-state index contributed by atoms with van der Waals surface area (Å²) in [7, 11) is 0. The van der Waals surface area contributed by atoms with Gasteiger partial charge < -0.3 is 4.74 Å². The molecule has 0 aliphatic rings. The molecule has 0 saturated heterocycles. The minimum atomic E-state index is 0.658. The smallest absolute Gasteiger partial charge is 0.0717 e. The van der Waals surface area contributed by atoms with Gasteiger partial charge in [0.15, 0.2) is 0 Å². The van der Waals surface area contributed by atoms with Crippen molar-refractivity contribution in [1.82, 2.24) is 0 Å². The first-order valence-electron chi connectivity index (χ1n) is 5.04. The fourth-order valence-corrected chi connectivity index (χ4v) is 1.34. The van der Waals surface area contributed by atoms with Crippen molar-refractivity contribution in [3.63, 3.8) is 0 Å². The molecule has 0 heterocycles. The van der Waals surface area contributed by atoms with Gasteiger partial charge in [0.1, 0.15) is 0 Å². The quantitative estimate of drug-likeness (QED) is 0.774. The van der Waals surface area contributed by atoms with Gasteiger partial charge in [-0.15, -0.1) is 0 Å². The Morgan fingerprint density at radius 1 is 1.29 bits per heavy atom. The maximum Gasteiger partial charge on any atom is 0.0717 e. The van der Waals surface area contributed by atoms with Crippen LogP contribution in [-0.2, 0) is 11.3 Å². The molecule has 1 aromatic rings. The molecular weight excluding hydrogens is 240 g/mol. The lowest BCUT2D eigenvalue weighted by molar-refractivity contribution is 0.0910. The van der Waals surface area contributed by atoms with Gasteiger partial charge in [-0.25, -0.2) is 0 Å². The van der Waals surface area contributed by atoms with Crippen LogP contribution < -0.4 is 0 Å². The van der Waals surface area contributed by atoms with Gasteiger partial charge in [0.2, 0.25) is 0 Å². The molecule has 0 bridgehead atoms. The zero-order valence-corrected chi connectivity index (χ0v) is 10.4. The maximum atomic E-state index is 5.60. The van der Waals surface area contributed by atoms with E-state index in [9.17, 15) is 0 Å². The van der Waals surface area contributed by atoms with Gasteiger partial charge in [0.05, 0.1) is 6.61 Å². The predicted molar refractivity (Wildman–Crippen MR) is 63.3 cm³/mol. The molecule has 1 rings (SSSR count). The van der Waals surface area contributed by atoms with E-state index in [0.29, 0.717) is 5.92 Å². The van der Waals surface area contributed by atoms with Crippen LogP contribution in [0.4, 0.5) is 0 Å².